The van der Waals surface area contributed by atoms with E-state index >= 15 is 0 Å². The quantitative estimate of drug-likeness (QED) is 0.688. The summed E-state index contributed by atoms with van der Waals surface area (Å²) in [7, 11) is 0. The Balaban J connectivity index is 2.77. The zero-order valence-corrected chi connectivity index (χ0v) is 7.52. The first-order valence-electron chi connectivity index (χ1n) is 3.27. The predicted molar refractivity (Wildman–Crippen MR) is 46.1 cm³/mol. The Morgan fingerprint density at radius 3 is 3.08 bits per heavy atom. The molecule has 0 radical (unpaired) electrons. The van der Waals surface area contributed by atoms with Gasteiger partial charge in [-0.05, 0) is 28.1 Å². The smallest absolute Gasteiger partial charge is 0.204 e. The van der Waals surface area contributed by atoms with E-state index in [0.717, 1.165) is 6.29 Å². The number of halogens is 1. The third-order valence-corrected chi connectivity index (χ3v) is 2.07. The third-order valence-electron chi connectivity index (χ3n) is 1.53. The van der Waals surface area contributed by atoms with Crippen LogP contribution in [0.5, 0.6) is 0 Å². The lowest BCUT2D eigenvalue weighted by atomic mass is 10.3. The lowest BCUT2D eigenvalue weighted by molar-refractivity contribution is 0.112. The van der Waals surface area contributed by atoms with Gasteiger partial charge in [-0.3, -0.25) is 9.20 Å². The Morgan fingerprint density at radius 1 is 1.50 bits per heavy atom. The molecule has 0 amide bonds. The van der Waals surface area contributed by atoms with Crippen molar-refractivity contribution in [1.82, 2.24) is 14.6 Å². The maximum absolute atomic E-state index is 10.4. The van der Waals surface area contributed by atoms with Crippen molar-refractivity contribution in [2.45, 2.75) is 0 Å². The molecule has 12 heavy (non-hydrogen) atoms. The zero-order valence-electron chi connectivity index (χ0n) is 5.94. The standard InChI is InChI=1S/C7H4BrN3O/c8-7-10-9-6-3-5(4-12)1-2-11(6)7/h1-4H. The van der Waals surface area contributed by atoms with Gasteiger partial charge in [-0.25, -0.2) is 0 Å². The number of aromatic nitrogens is 3. The summed E-state index contributed by atoms with van der Waals surface area (Å²) in [6, 6.07) is 3.37. The van der Waals surface area contributed by atoms with Crippen LogP contribution in [0, 0.1) is 0 Å². The largest absolute Gasteiger partial charge is 0.298 e. The van der Waals surface area contributed by atoms with Gasteiger partial charge in [-0.2, -0.15) is 0 Å². The number of carbonyl (C=O) groups excluding carboxylic acids is 1. The molecule has 5 heteroatoms. The summed E-state index contributed by atoms with van der Waals surface area (Å²) in [5.74, 6) is 0. The summed E-state index contributed by atoms with van der Waals surface area (Å²) in [5, 5.41) is 7.62. The van der Waals surface area contributed by atoms with Gasteiger partial charge in [0.05, 0.1) is 0 Å². The molecule has 2 rings (SSSR count). The normalized spacial score (nSPS) is 10.4. The Hall–Kier alpha value is -1.23. The molecule has 0 unspecified atom stereocenters. The highest BCUT2D eigenvalue weighted by molar-refractivity contribution is 9.10. The number of hydrogen-bond acceptors (Lipinski definition) is 3. The van der Waals surface area contributed by atoms with Crippen molar-refractivity contribution < 1.29 is 4.79 Å². The Labute approximate surface area is 76.4 Å². The van der Waals surface area contributed by atoms with Crippen LogP contribution in [0.1, 0.15) is 10.4 Å². The van der Waals surface area contributed by atoms with Crippen LogP contribution in [0.15, 0.2) is 23.1 Å². The van der Waals surface area contributed by atoms with Gasteiger partial charge in [0.1, 0.15) is 6.29 Å². The van der Waals surface area contributed by atoms with Gasteiger partial charge in [0.15, 0.2) is 5.65 Å². The summed E-state index contributed by atoms with van der Waals surface area (Å²) < 4.78 is 2.38. The summed E-state index contributed by atoms with van der Waals surface area (Å²) in [6.07, 6.45) is 2.52. The van der Waals surface area contributed by atoms with E-state index in [4.69, 9.17) is 0 Å². The minimum Gasteiger partial charge on any atom is -0.298 e. The van der Waals surface area contributed by atoms with Gasteiger partial charge >= 0.3 is 0 Å². The zero-order chi connectivity index (χ0) is 8.55. The van der Waals surface area contributed by atoms with Gasteiger partial charge < -0.3 is 0 Å². The maximum Gasteiger partial charge on any atom is 0.204 e. The van der Waals surface area contributed by atoms with Crippen molar-refractivity contribution >= 4 is 27.9 Å². The molecule has 0 aromatic carbocycles. The lowest BCUT2D eigenvalue weighted by Crippen LogP contribution is -1.86. The highest BCUT2D eigenvalue weighted by Crippen LogP contribution is 2.09. The van der Waals surface area contributed by atoms with E-state index in [2.05, 4.69) is 26.1 Å². The molecule has 4 nitrogen and oxygen atoms in total. The van der Waals surface area contributed by atoms with Crippen LogP contribution in [-0.4, -0.2) is 20.9 Å². The molecule has 0 atom stereocenters. The van der Waals surface area contributed by atoms with Crippen molar-refractivity contribution in [2.24, 2.45) is 0 Å². The van der Waals surface area contributed by atoms with Crippen molar-refractivity contribution in [3.8, 4) is 0 Å². The van der Waals surface area contributed by atoms with E-state index in [1.165, 1.54) is 0 Å². The van der Waals surface area contributed by atoms with Crippen molar-refractivity contribution in [3.63, 3.8) is 0 Å². The van der Waals surface area contributed by atoms with Crippen LogP contribution in [0.25, 0.3) is 5.65 Å². The average molecular weight is 226 g/mol. The van der Waals surface area contributed by atoms with Gasteiger partial charge in [0, 0.05) is 11.8 Å². The highest BCUT2D eigenvalue weighted by Gasteiger charge is 2.01. The van der Waals surface area contributed by atoms with Gasteiger partial charge in [-0.1, -0.05) is 0 Å². The van der Waals surface area contributed by atoms with Crippen molar-refractivity contribution in [3.05, 3.63) is 28.6 Å². The molecule has 60 valence electrons. The highest BCUT2D eigenvalue weighted by atomic mass is 79.9. The fraction of sp³-hybridized carbons (Fsp3) is 0. The molecule has 0 spiro atoms. The van der Waals surface area contributed by atoms with Crippen LogP contribution in [0.2, 0.25) is 0 Å². The SMILES string of the molecule is O=Cc1ccn2c(Br)nnc2c1. The molecular formula is C7H4BrN3O. The van der Waals surface area contributed by atoms with E-state index in [1.807, 2.05) is 0 Å². The van der Waals surface area contributed by atoms with Gasteiger partial charge in [0.2, 0.25) is 4.73 Å². The van der Waals surface area contributed by atoms with Crippen LogP contribution < -0.4 is 0 Å². The van der Waals surface area contributed by atoms with E-state index < -0.39 is 0 Å². The number of fused-ring (bicyclic) bond motifs is 1. The van der Waals surface area contributed by atoms with E-state index in [1.54, 1.807) is 22.7 Å². The molecule has 2 heterocycles. The predicted octanol–water partition coefficient (Wildman–Crippen LogP) is 1.30. The molecule has 0 aliphatic heterocycles. The summed E-state index contributed by atoms with van der Waals surface area (Å²) in [6.45, 7) is 0. The second-order valence-corrected chi connectivity index (χ2v) is 2.98. The number of carbonyl (C=O) groups is 1. The van der Waals surface area contributed by atoms with E-state index in [9.17, 15) is 4.79 Å². The number of rotatable bonds is 1. The fourth-order valence-electron chi connectivity index (χ4n) is 0.951. The molecule has 0 bridgehead atoms. The van der Waals surface area contributed by atoms with Gasteiger partial charge in [0.25, 0.3) is 0 Å². The first-order chi connectivity index (χ1) is 5.81. The van der Waals surface area contributed by atoms with Crippen LogP contribution >= 0.6 is 15.9 Å². The minimum atomic E-state index is 0.599. The first kappa shape index (κ1) is 7.42. The topological polar surface area (TPSA) is 47.3 Å². The van der Waals surface area contributed by atoms with Crippen molar-refractivity contribution in [1.29, 1.82) is 0 Å². The molecule has 0 saturated carbocycles. The van der Waals surface area contributed by atoms with Crippen LogP contribution in [-0.2, 0) is 0 Å². The second kappa shape index (κ2) is 2.67. The average Bonchev–Trinajstić information content (AvgIpc) is 2.47. The number of pyridine rings is 1. The van der Waals surface area contributed by atoms with Crippen molar-refractivity contribution in [2.75, 3.05) is 0 Å². The third kappa shape index (κ3) is 1.02. The minimum absolute atomic E-state index is 0.599. The number of nitrogens with zero attached hydrogens (tertiary/aromatic N) is 3. The second-order valence-electron chi connectivity index (χ2n) is 2.28. The van der Waals surface area contributed by atoms with E-state index in [0.29, 0.717) is 15.9 Å². The monoisotopic (exact) mass is 225 g/mol. The number of hydrogen-bond donors (Lipinski definition) is 0. The van der Waals surface area contributed by atoms with Crippen LogP contribution in [0.3, 0.4) is 0 Å². The summed E-state index contributed by atoms with van der Waals surface area (Å²) in [4.78, 5) is 10.4. The molecule has 0 fully saturated rings. The Kier molecular flexibility index (Phi) is 1.65. The Bertz CT molecular complexity index is 437. The maximum atomic E-state index is 10.4. The van der Waals surface area contributed by atoms with E-state index in [-0.39, 0.29) is 0 Å². The molecule has 2 aromatic heterocycles. The fourth-order valence-corrected chi connectivity index (χ4v) is 1.33. The Morgan fingerprint density at radius 2 is 2.33 bits per heavy atom. The molecular weight excluding hydrogens is 222 g/mol. The summed E-state index contributed by atoms with van der Waals surface area (Å²) in [5.41, 5.74) is 1.26. The molecule has 0 aliphatic carbocycles. The molecule has 0 saturated heterocycles. The molecule has 0 N–H and O–H groups in total. The van der Waals surface area contributed by atoms with Gasteiger partial charge in [-0.15, -0.1) is 10.2 Å². The lowest BCUT2D eigenvalue weighted by Gasteiger charge is -1.92. The molecule has 2 aromatic rings. The molecule has 0 aliphatic rings. The van der Waals surface area contributed by atoms with Crippen LogP contribution in [0.4, 0.5) is 0 Å². The first-order valence-corrected chi connectivity index (χ1v) is 4.06. The summed E-state index contributed by atoms with van der Waals surface area (Å²) >= 11 is 3.21. The number of aldehydes is 1.